The van der Waals surface area contributed by atoms with Crippen LogP contribution < -0.4 is 0 Å². The third-order valence-corrected chi connectivity index (χ3v) is 3.13. The highest BCUT2D eigenvalue weighted by Gasteiger charge is 2.05. The summed E-state index contributed by atoms with van der Waals surface area (Å²) < 4.78 is 1.09. The molecule has 0 amide bonds. The summed E-state index contributed by atoms with van der Waals surface area (Å²) in [6.45, 7) is 0. The Hall–Kier alpha value is -0.320. The van der Waals surface area contributed by atoms with Gasteiger partial charge in [0.05, 0.1) is 10.7 Å². The van der Waals surface area contributed by atoms with Crippen LogP contribution in [-0.4, -0.2) is 4.98 Å². The van der Waals surface area contributed by atoms with Crippen molar-refractivity contribution < 1.29 is 0 Å². The second kappa shape index (κ2) is 4.68. The summed E-state index contributed by atoms with van der Waals surface area (Å²) in [5.74, 6) is 0. The SMILES string of the molecule is Clc1ccc(Cl)c(-c2ccc(I)cn2)c1. The lowest BCUT2D eigenvalue weighted by molar-refractivity contribution is 1.31. The van der Waals surface area contributed by atoms with Crippen LogP contribution in [0, 0.1) is 3.57 Å². The maximum absolute atomic E-state index is 6.07. The zero-order valence-electron chi connectivity index (χ0n) is 7.55. The van der Waals surface area contributed by atoms with Gasteiger partial charge < -0.3 is 0 Å². The van der Waals surface area contributed by atoms with Gasteiger partial charge in [0, 0.05) is 20.4 Å². The van der Waals surface area contributed by atoms with E-state index in [1.165, 1.54) is 0 Å². The fourth-order valence-electron chi connectivity index (χ4n) is 1.23. The van der Waals surface area contributed by atoms with Crippen LogP contribution >= 0.6 is 45.8 Å². The van der Waals surface area contributed by atoms with E-state index in [4.69, 9.17) is 23.2 Å². The zero-order chi connectivity index (χ0) is 10.8. The van der Waals surface area contributed by atoms with Crippen LogP contribution in [0.2, 0.25) is 10.0 Å². The van der Waals surface area contributed by atoms with Crippen molar-refractivity contribution in [1.29, 1.82) is 0 Å². The first-order valence-corrected chi connectivity index (χ1v) is 6.07. The molecule has 0 unspecified atom stereocenters. The highest BCUT2D eigenvalue weighted by molar-refractivity contribution is 14.1. The van der Waals surface area contributed by atoms with E-state index in [-0.39, 0.29) is 0 Å². The summed E-state index contributed by atoms with van der Waals surface area (Å²) in [7, 11) is 0. The molecule has 0 aliphatic carbocycles. The Balaban J connectivity index is 2.53. The summed E-state index contributed by atoms with van der Waals surface area (Å²) >= 11 is 14.2. The second-order valence-corrected chi connectivity index (χ2v) is 5.08. The molecule has 1 nitrogen and oxygen atoms in total. The van der Waals surface area contributed by atoms with Crippen LogP contribution in [-0.2, 0) is 0 Å². The molecule has 2 rings (SSSR count). The van der Waals surface area contributed by atoms with Crippen molar-refractivity contribution in [3.05, 3.63) is 50.1 Å². The molecule has 2 aromatic rings. The van der Waals surface area contributed by atoms with Crippen molar-refractivity contribution in [2.24, 2.45) is 0 Å². The molecule has 76 valence electrons. The monoisotopic (exact) mass is 349 g/mol. The van der Waals surface area contributed by atoms with E-state index in [0.717, 1.165) is 14.8 Å². The Labute approximate surface area is 112 Å². The number of benzene rings is 1. The molecule has 0 radical (unpaired) electrons. The van der Waals surface area contributed by atoms with Crippen LogP contribution in [0.4, 0.5) is 0 Å². The van der Waals surface area contributed by atoms with Gasteiger partial charge in [-0.05, 0) is 52.9 Å². The minimum Gasteiger partial charge on any atom is -0.255 e. The molecular formula is C11H6Cl2IN. The van der Waals surface area contributed by atoms with Gasteiger partial charge in [0.2, 0.25) is 0 Å². The zero-order valence-corrected chi connectivity index (χ0v) is 11.2. The first kappa shape index (κ1) is 11.2. The summed E-state index contributed by atoms with van der Waals surface area (Å²) in [6, 6.07) is 9.28. The maximum atomic E-state index is 6.07. The first-order valence-electron chi connectivity index (χ1n) is 4.24. The number of halogens is 3. The lowest BCUT2D eigenvalue weighted by Crippen LogP contribution is -1.85. The standard InChI is InChI=1S/C11H6Cl2IN/c12-7-1-3-10(13)9(5-7)11-4-2-8(14)6-15-11/h1-6H. The number of aromatic nitrogens is 1. The van der Waals surface area contributed by atoms with Gasteiger partial charge in [-0.2, -0.15) is 0 Å². The second-order valence-electron chi connectivity index (χ2n) is 2.99. The van der Waals surface area contributed by atoms with Gasteiger partial charge in [-0.3, -0.25) is 4.98 Å². The van der Waals surface area contributed by atoms with Crippen molar-refractivity contribution in [2.45, 2.75) is 0 Å². The topological polar surface area (TPSA) is 12.9 Å². The Morgan fingerprint density at radius 3 is 2.53 bits per heavy atom. The molecule has 0 fully saturated rings. The van der Waals surface area contributed by atoms with Gasteiger partial charge in [-0.1, -0.05) is 23.2 Å². The van der Waals surface area contributed by atoms with Crippen LogP contribution in [0.15, 0.2) is 36.5 Å². The van der Waals surface area contributed by atoms with E-state index in [1.54, 1.807) is 18.3 Å². The highest BCUT2D eigenvalue weighted by Crippen LogP contribution is 2.29. The van der Waals surface area contributed by atoms with Crippen molar-refractivity contribution >= 4 is 45.8 Å². The predicted molar refractivity (Wildman–Crippen MR) is 72.4 cm³/mol. The third-order valence-electron chi connectivity index (χ3n) is 1.93. The molecule has 1 aromatic carbocycles. The van der Waals surface area contributed by atoms with Gasteiger partial charge >= 0.3 is 0 Å². The van der Waals surface area contributed by atoms with Crippen molar-refractivity contribution in [1.82, 2.24) is 4.98 Å². The summed E-state index contributed by atoms with van der Waals surface area (Å²) in [5, 5.41) is 1.32. The number of hydrogen-bond acceptors (Lipinski definition) is 1. The van der Waals surface area contributed by atoms with Crippen molar-refractivity contribution in [3.63, 3.8) is 0 Å². The average molecular weight is 350 g/mol. The van der Waals surface area contributed by atoms with Gasteiger partial charge in [-0.25, -0.2) is 0 Å². The molecule has 15 heavy (non-hydrogen) atoms. The molecule has 0 bridgehead atoms. The number of nitrogens with zero attached hydrogens (tertiary/aromatic N) is 1. The van der Waals surface area contributed by atoms with E-state index in [1.807, 2.05) is 18.2 Å². The minimum absolute atomic E-state index is 0.660. The average Bonchev–Trinajstić information content (AvgIpc) is 2.23. The summed E-state index contributed by atoms with van der Waals surface area (Å²) in [6.07, 6.45) is 1.80. The van der Waals surface area contributed by atoms with Crippen molar-refractivity contribution in [3.8, 4) is 11.3 Å². The fraction of sp³-hybridized carbons (Fsp3) is 0. The lowest BCUT2D eigenvalue weighted by atomic mass is 10.1. The fourth-order valence-corrected chi connectivity index (χ4v) is 1.93. The number of rotatable bonds is 1. The third kappa shape index (κ3) is 2.62. The first-order chi connectivity index (χ1) is 7.16. The molecule has 0 N–H and O–H groups in total. The van der Waals surface area contributed by atoms with Gasteiger partial charge in [-0.15, -0.1) is 0 Å². The molecule has 0 atom stereocenters. The van der Waals surface area contributed by atoms with E-state index in [9.17, 15) is 0 Å². The lowest BCUT2D eigenvalue weighted by Gasteiger charge is -2.04. The highest BCUT2D eigenvalue weighted by atomic mass is 127. The summed E-state index contributed by atoms with van der Waals surface area (Å²) in [5.41, 5.74) is 1.70. The molecule has 0 saturated carbocycles. The Morgan fingerprint density at radius 1 is 1.07 bits per heavy atom. The van der Waals surface area contributed by atoms with Gasteiger partial charge in [0.1, 0.15) is 0 Å². The molecule has 0 spiro atoms. The molecule has 0 aliphatic heterocycles. The number of pyridine rings is 1. The minimum atomic E-state index is 0.660. The smallest absolute Gasteiger partial charge is 0.0718 e. The normalized spacial score (nSPS) is 10.3. The molecular weight excluding hydrogens is 344 g/mol. The van der Waals surface area contributed by atoms with Crippen LogP contribution in [0.1, 0.15) is 0 Å². The van der Waals surface area contributed by atoms with Crippen LogP contribution in [0.3, 0.4) is 0 Å². The maximum Gasteiger partial charge on any atom is 0.0718 e. The van der Waals surface area contributed by atoms with Crippen molar-refractivity contribution in [2.75, 3.05) is 0 Å². The van der Waals surface area contributed by atoms with Crippen LogP contribution in [0.5, 0.6) is 0 Å². The van der Waals surface area contributed by atoms with E-state index in [0.29, 0.717) is 10.0 Å². The van der Waals surface area contributed by atoms with E-state index in [2.05, 4.69) is 27.6 Å². The number of hydrogen-bond donors (Lipinski definition) is 0. The Bertz CT molecular complexity index is 482. The molecule has 0 aliphatic rings. The van der Waals surface area contributed by atoms with Gasteiger partial charge in [0.25, 0.3) is 0 Å². The quantitative estimate of drug-likeness (QED) is 0.682. The van der Waals surface area contributed by atoms with Gasteiger partial charge in [0.15, 0.2) is 0 Å². The van der Waals surface area contributed by atoms with E-state index >= 15 is 0 Å². The molecule has 1 aromatic heterocycles. The Kier molecular flexibility index (Phi) is 3.49. The Morgan fingerprint density at radius 2 is 1.87 bits per heavy atom. The molecule has 1 heterocycles. The van der Waals surface area contributed by atoms with E-state index < -0.39 is 0 Å². The largest absolute Gasteiger partial charge is 0.255 e. The molecule has 0 saturated heterocycles. The molecule has 4 heteroatoms. The predicted octanol–water partition coefficient (Wildman–Crippen LogP) is 4.66. The van der Waals surface area contributed by atoms with Crippen LogP contribution in [0.25, 0.3) is 11.3 Å². The summed E-state index contributed by atoms with van der Waals surface area (Å²) in [4.78, 5) is 4.30.